The molecule has 0 saturated heterocycles. The molecule has 0 amide bonds. The molecule has 1 aromatic heterocycles. The minimum atomic E-state index is 0.669. The summed E-state index contributed by atoms with van der Waals surface area (Å²) >= 11 is 0. The number of hydrogen-bond acceptors (Lipinski definition) is 2. The van der Waals surface area contributed by atoms with Crippen molar-refractivity contribution in [2.45, 2.75) is 40.8 Å². The smallest absolute Gasteiger partial charge is 0.191 e. The summed E-state index contributed by atoms with van der Waals surface area (Å²) in [4.78, 5) is 9.09. The number of hydrogen-bond donors (Lipinski definition) is 2. The van der Waals surface area contributed by atoms with Gasteiger partial charge in [-0.1, -0.05) is 29.8 Å². The number of rotatable bonds is 5. The van der Waals surface area contributed by atoms with Crippen molar-refractivity contribution < 1.29 is 0 Å². The second kappa shape index (κ2) is 8.32. The van der Waals surface area contributed by atoms with Gasteiger partial charge < -0.3 is 10.6 Å². The van der Waals surface area contributed by atoms with Crippen LogP contribution in [0.5, 0.6) is 0 Å². The van der Waals surface area contributed by atoms with Crippen LogP contribution in [0.15, 0.2) is 41.5 Å². The molecule has 4 nitrogen and oxygen atoms in total. The van der Waals surface area contributed by atoms with Gasteiger partial charge in [0.25, 0.3) is 0 Å². The molecule has 1 heterocycles. The van der Waals surface area contributed by atoms with Crippen molar-refractivity contribution in [3.05, 3.63) is 64.5 Å². The molecule has 0 fully saturated rings. The number of nitrogens with zero attached hydrogens (tertiary/aromatic N) is 2. The van der Waals surface area contributed by atoms with Crippen LogP contribution in [-0.2, 0) is 13.1 Å². The Morgan fingerprint density at radius 1 is 1.09 bits per heavy atom. The van der Waals surface area contributed by atoms with E-state index in [0.717, 1.165) is 18.2 Å². The van der Waals surface area contributed by atoms with Crippen molar-refractivity contribution in [2.75, 3.05) is 6.54 Å². The molecular weight excluding hydrogens is 284 g/mol. The first-order chi connectivity index (χ1) is 11.1. The molecule has 0 saturated carbocycles. The van der Waals surface area contributed by atoms with Gasteiger partial charge in [-0.05, 0) is 50.5 Å². The Morgan fingerprint density at radius 2 is 1.91 bits per heavy atom. The van der Waals surface area contributed by atoms with Gasteiger partial charge >= 0.3 is 0 Å². The number of guanidine groups is 1. The summed E-state index contributed by atoms with van der Waals surface area (Å²) in [6.07, 6.45) is 1.82. The first-order valence-corrected chi connectivity index (χ1v) is 8.09. The van der Waals surface area contributed by atoms with E-state index in [1.807, 2.05) is 12.3 Å². The minimum Gasteiger partial charge on any atom is -0.357 e. The van der Waals surface area contributed by atoms with E-state index in [4.69, 9.17) is 0 Å². The van der Waals surface area contributed by atoms with Crippen molar-refractivity contribution in [1.82, 2.24) is 15.6 Å². The predicted octanol–water partition coefficient (Wildman–Crippen LogP) is 3.26. The first-order valence-electron chi connectivity index (χ1n) is 8.09. The van der Waals surface area contributed by atoms with Crippen LogP contribution >= 0.6 is 0 Å². The van der Waals surface area contributed by atoms with Gasteiger partial charge in [0.15, 0.2) is 5.96 Å². The molecule has 23 heavy (non-hydrogen) atoms. The van der Waals surface area contributed by atoms with Crippen LogP contribution in [0.4, 0.5) is 0 Å². The second-order valence-electron chi connectivity index (χ2n) is 5.75. The molecule has 2 aromatic rings. The van der Waals surface area contributed by atoms with Gasteiger partial charge in [-0.25, -0.2) is 4.99 Å². The average Bonchev–Trinajstić information content (AvgIpc) is 2.53. The fourth-order valence-electron chi connectivity index (χ4n) is 2.40. The van der Waals surface area contributed by atoms with E-state index in [1.54, 1.807) is 0 Å². The average molecular weight is 310 g/mol. The Balaban J connectivity index is 2.04. The lowest BCUT2D eigenvalue weighted by molar-refractivity contribution is 0.794. The highest BCUT2D eigenvalue weighted by Gasteiger charge is 2.03. The molecule has 0 aliphatic heterocycles. The molecule has 122 valence electrons. The van der Waals surface area contributed by atoms with Crippen molar-refractivity contribution >= 4 is 5.96 Å². The third kappa shape index (κ3) is 5.09. The molecule has 4 heteroatoms. The maximum atomic E-state index is 4.69. The lowest BCUT2D eigenvalue weighted by Gasteiger charge is -2.12. The molecular formula is C19H26N4. The first kappa shape index (κ1) is 17.0. The quantitative estimate of drug-likeness (QED) is 0.658. The van der Waals surface area contributed by atoms with Crippen molar-refractivity contribution in [3.8, 4) is 0 Å². The zero-order chi connectivity index (χ0) is 16.7. The van der Waals surface area contributed by atoms with Crippen molar-refractivity contribution in [3.63, 3.8) is 0 Å². The van der Waals surface area contributed by atoms with Gasteiger partial charge in [-0.15, -0.1) is 0 Å². The van der Waals surface area contributed by atoms with Crippen LogP contribution in [0, 0.1) is 20.8 Å². The van der Waals surface area contributed by atoms with Crippen LogP contribution < -0.4 is 10.6 Å². The SMILES string of the molecule is CCNC(=NCc1ccc(C)cc1C)NCc1ncccc1C. The van der Waals surface area contributed by atoms with Crippen molar-refractivity contribution in [2.24, 2.45) is 4.99 Å². The van der Waals surface area contributed by atoms with Gasteiger partial charge in [-0.2, -0.15) is 0 Å². The highest BCUT2D eigenvalue weighted by molar-refractivity contribution is 5.79. The third-order valence-corrected chi connectivity index (χ3v) is 3.79. The molecule has 0 unspecified atom stereocenters. The Hall–Kier alpha value is -2.36. The number of nitrogens with one attached hydrogen (secondary N) is 2. The highest BCUT2D eigenvalue weighted by Crippen LogP contribution is 2.11. The fraction of sp³-hybridized carbons (Fsp3) is 0.368. The summed E-state index contributed by atoms with van der Waals surface area (Å²) in [6.45, 7) is 10.6. The topological polar surface area (TPSA) is 49.3 Å². The zero-order valence-corrected chi connectivity index (χ0v) is 14.5. The van der Waals surface area contributed by atoms with Crippen LogP contribution in [-0.4, -0.2) is 17.5 Å². The van der Waals surface area contributed by atoms with Crippen LogP contribution in [0.1, 0.15) is 34.9 Å². The molecule has 2 rings (SSSR count). The van der Waals surface area contributed by atoms with Gasteiger partial charge in [0.2, 0.25) is 0 Å². The van der Waals surface area contributed by atoms with E-state index in [1.165, 1.54) is 22.3 Å². The van der Waals surface area contributed by atoms with E-state index in [9.17, 15) is 0 Å². The highest BCUT2D eigenvalue weighted by atomic mass is 15.2. The van der Waals surface area contributed by atoms with E-state index >= 15 is 0 Å². The fourth-order valence-corrected chi connectivity index (χ4v) is 2.40. The molecule has 0 aliphatic carbocycles. The van der Waals surface area contributed by atoms with E-state index in [-0.39, 0.29) is 0 Å². The Labute approximate surface area is 139 Å². The largest absolute Gasteiger partial charge is 0.357 e. The summed E-state index contributed by atoms with van der Waals surface area (Å²) in [5.41, 5.74) is 6.05. The molecule has 0 spiro atoms. The zero-order valence-electron chi connectivity index (χ0n) is 14.5. The third-order valence-electron chi connectivity index (χ3n) is 3.79. The van der Waals surface area contributed by atoms with Crippen LogP contribution in [0.25, 0.3) is 0 Å². The lowest BCUT2D eigenvalue weighted by atomic mass is 10.1. The maximum absolute atomic E-state index is 4.69. The Bertz CT molecular complexity index is 677. The molecule has 0 bridgehead atoms. The second-order valence-corrected chi connectivity index (χ2v) is 5.75. The maximum Gasteiger partial charge on any atom is 0.191 e. The summed E-state index contributed by atoms with van der Waals surface area (Å²) in [7, 11) is 0. The summed E-state index contributed by atoms with van der Waals surface area (Å²) in [5, 5.41) is 6.64. The Morgan fingerprint density at radius 3 is 2.61 bits per heavy atom. The van der Waals surface area contributed by atoms with E-state index in [2.05, 4.69) is 72.6 Å². The molecule has 0 aliphatic rings. The number of pyridine rings is 1. The predicted molar refractivity (Wildman–Crippen MR) is 96.5 cm³/mol. The lowest BCUT2D eigenvalue weighted by Crippen LogP contribution is -2.37. The number of aryl methyl sites for hydroxylation is 3. The van der Waals surface area contributed by atoms with Gasteiger partial charge in [0.1, 0.15) is 0 Å². The minimum absolute atomic E-state index is 0.669. The monoisotopic (exact) mass is 310 g/mol. The normalized spacial score (nSPS) is 11.4. The molecule has 1 aromatic carbocycles. The van der Waals surface area contributed by atoms with Gasteiger partial charge in [0, 0.05) is 12.7 Å². The van der Waals surface area contributed by atoms with Gasteiger partial charge in [-0.3, -0.25) is 4.98 Å². The number of benzene rings is 1. The standard InChI is InChI=1S/C19H26N4/c1-5-20-19(23-13-18-15(3)7-6-10-21-18)22-12-17-9-8-14(2)11-16(17)4/h6-11H,5,12-13H2,1-4H3,(H2,20,22,23). The summed E-state index contributed by atoms with van der Waals surface area (Å²) in [5.74, 6) is 0.817. The summed E-state index contributed by atoms with van der Waals surface area (Å²) in [6, 6.07) is 10.5. The van der Waals surface area contributed by atoms with E-state index in [0.29, 0.717) is 13.1 Å². The molecule has 0 radical (unpaired) electrons. The molecule has 0 atom stereocenters. The molecule has 2 N–H and O–H groups in total. The van der Waals surface area contributed by atoms with E-state index < -0.39 is 0 Å². The Kier molecular flexibility index (Phi) is 6.15. The van der Waals surface area contributed by atoms with Crippen LogP contribution in [0.2, 0.25) is 0 Å². The number of aromatic nitrogens is 1. The van der Waals surface area contributed by atoms with Gasteiger partial charge in [0.05, 0.1) is 18.8 Å². The summed E-state index contributed by atoms with van der Waals surface area (Å²) < 4.78 is 0. The van der Waals surface area contributed by atoms with Crippen molar-refractivity contribution in [1.29, 1.82) is 0 Å². The number of aliphatic imine (C=N–C) groups is 1. The van der Waals surface area contributed by atoms with Crippen LogP contribution in [0.3, 0.4) is 0 Å².